The molecule has 1 amide bonds. The summed E-state index contributed by atoms with van der Waals surface area (Å²) in [7, 11) is 0. The van der Waals surface area contributed by atoms with Crippen molar-refractivity contribution in [2.24, 2.45) is 0 Å². The SMILES string of the molecule is CCCN1CCCC2(CCCN2Cc2ccccc2OCCO)C1=O. The van der Waals surface area contributed by atoms with E-state index in [1.807, 2.05) is 18.2 Å². The maximum Gasteiger partial charge on any atom is 0.243 e. The molecule has 0 bridgehead atoms. The van der Waals surface area contributed by atoms with E-state index in [0.29, 0.717) is 12.5 Å². The number of aliphatic hydroxyl groups is 1. The Kier molecular flexibility index (Phi) is 5.97. The van der Waals surface area contributed by atoms with E-state index in [1.54, 1.807) is 0 Å². The number of nitrogens with zero attached hydrogens (tertiary/aromatic N) is 2. The third kappa shape index (κ3) is 3.67. The molecule has 1 spiro atoms. The number of rotatable bonds is 7. The largest absolute Gasteiger partial charge is 0.491 e. The Morgan fingerprint density at radius 1 is 1.20 bits per heavy atom. The van der Waals surface area contributed by atoms with Crippen LogP contribution in [-0.2, 0) is 11.3 Å². The molecule has 2 fully saturated rings. The summed E-state index contributed by atoms with van der Waals surface area (Å²) in [5.74, 6) is 1.14. The molecule has 25 heavy (non-hydrogen) atoms. The molecule has 0 radical (unpaired) electrons. The van der Waals surface area contributed by atoms with Crippen LogP contribution in [0, 0.1) is 0 Å². The highest BCUT2D eigenvalue weighted by atomic mass is 16.5. The minimum Gasteiger partial charge on any atom is -0.491 e. The predicted molar refractivity (Wildman–Crippen MR) is 97.5 cm³/mol. The Balaban J connectivity index is 1.79. The van der Waals surface area contributed by atoms with Gasteiger partial charge in [0.1, 0.15) is 17.9 Å². The first-order valence-corrected chi connectivity index (χ1v) is 9.57. The number of ether oxygens (including phenoxy) is 1. The first kappa shape index (κ1) is 18.2. The molecule has 1 N–H and O–H groups in total. The minimum absolute atomic E-state index is 0.00640. The van der Waals surface area contributed by atoms with Gasteiger partial charge in [-0.15, -0.1) is 0 Å². The van der Waals surface area contributed by atoms with E-state index in [4.69, 9.17) is 9.84 Å². The van der Waals surface area contributed by atoms with Gasteiger partial charge in [-0.3, -0.25) is 9.69 Å². The first-order chi connectivity index (χ1) is 12.2. The standard InChI is InChI=1S/C20H30N2O3/c1-2-11-21-12-5-9-20(19(21)24)10-6-13-22(20)16-17-7-3-4-8-18(17)25-15-14-23/h3-4,7-8,23H,2,5-6,9-16H2,1H3. The van der Waals surface area contributed by atoms with Crippen LogP contribution in [0.1, 0.15) is 44.6 Å². The molecule has 1 unspecified atom stereocenters. The molecule has 2 saturated heterocycles. The highest BCUT2D eigenvalue weighted by Gasteiger charge is 2.50. The molecule has 1 atom stereocenters. The van der Waals surface area contributed by atoms with Gasteiger partial charge in [0.15, 0.2) is 0 Å². The van der Waals surface area contributed by atoms with Gasteiger partial charge < -0.3 is 14.7 Å². The van der Waals surface area contributed by atoms with E-state index in [0.717, 1.165) is 69.6 Å². The Morgan fingerprint density at radius 3 is 2.72 bits per heavy atom. The summed E-state index contributed by atoms with van der Waals surface area (Å²) in [4.78, 5) is 17.7. The van der Waals surface area contributed by atoms with Crippen molar-refractivity contribution in [3.05, 3.63) is 29.8 Å². The van der Waals surface area contributed by atoms with E-state index in [2.05, 4.69) is 22.8 Å². The smallest absolute Gasteiger partial charge is 0.243 e. The van der Waals surface area contributed by atoms with Crippen LogP contribution in [0.15, 0.2) is 24.3 Å². The molecule has 0 saturated carbocycles. The van der Waals surface area contributed by atoms with Gasteiger partial charge in [-0.2, -0.15) is 0 Å². The van der Waals surface area contributed by atoms with Crippen molar-refractivity contribution in [1.82, 2.24) is 9.80 Å². The fourth-order valence-corrected chi connectivity index (χ4v) is 4.38. The van der Waals surface area contributed by atoms with Crippen LogP contribution in [0.4, 0.5) is 0 Å². The zero-order chi connectivity index (χ0) is 17.7. The second kappa shape index (κ2) is 8.19. The second-order valence-corrected chi connectivity index (χ2v) is 7.13. The number of hydrogen-bond donors (Lipinski definition) is 1. The molecular formula is C20H30N2O3. The van der Waals surface area contributed by atoms with Crippen molar-refractivity contribution < 1.29 is 14.6 Å². The molecule has 5 nitrogen and oxygen atoms in total. The number of hydrogen-bond acceptors (Lipinski definition) is 4. The molecule has 0 aliphatic carbocycles. The highest BCUT2D eigenvalue weighted by molar-refractivity contribution is 5.87. The number of carbonyl (C=O) groups is 1. The lowest BCUT2D eigenvalue weighted by Crippen LogP contribution is -2.59. The predicted octanol–water partition coefficient (Wildman–Crippen LogP) is 2.42. The summed E-state index contributed by atoms with van der Waals surface area (Å²) in [6, 6.07) is 7.97. The van der Waals surface area contributed by atoms with Gasteiger partial charge in [0.2, 0.25) is 5.91 Å². The maximum absolute atomic E-state index is 13.2. The Bertz CT molecular complexity index is 590. The Labute approximate surface area is 150 Å². The van der Waals surface area contributed by atoms with Gasteiger partial charge in [0, 0.05) is 25.2 Å². The molecule has 5 heteroatoms. The van der Waals surface area contributed by atoms with Crippen molar-refractivity contribution in [2.75, 3.05) is 32.8 Å². The quantitative estimate of drug-likeness (QED) is 0.824. The molecular weight excluding hydrogens is 316 g/mol. The van der Waals surface area contributed by atoms with Gasteiger partial charge in [-0.1, -0.05) is 25.1 Å². The fourth-order valence-electron chi connectivity index (χ4n) is 4.38. The van der Waals surface area contributed by atoms with Crippen LogP contribution in [0.3, 0.4) is 0 Å². The Morgan fingerprint density at radius 2 is 1.96 bits per heavy atom. The summed E-state index contributed by atoms with van der Waals surface area (Å²) in [5.41, 5.74) is 0.773. The minimum atomic E-state index is -0.322. The topological polar surface area (TPSA) is 53.0 Å². The van der Waals surface area contributed by atoms with E-state index in [1.165, 1.54) is 0 Å². The number of likely N-dealkylation sites (tertiary alicyclic amines) is 2. The summed E-state index contributed by atoms with van der Waals surface area (Å²) in [6.45, 7) is 5.89. The van der Waals surface area contributed by atoms with Crippen LogP contribution >= 0.6 is 0 Å². The highest BCUT2D eigenvalue weighted by Crippen LogP contribution is 2.40. The van der Waals surface area contributed by atoms with Gasteiger partial charge in [-0.05, 0) is 44.7 Å². The normalized spacial score (nSPS) is 24.2. The molecule has 1 aromatic rings. The van der Waals surface area contributed by atoms with Crippen molar-refractivity contribution >= 4 is 5.91 Å². The number of piperidine rings is 1. The van der Waals surface area contributed by atoms with Gasteiger partial charge in [0.25, 0.3) is 0 Å². The lowest BCUT2D eigenvalue weighted by molar-refractivity contribution is -0.147. The molecule has 2 aliphatic heterocycles. The number of para-hydroxylation sites is 1. The number of amides is 1. The third-order valence-electron chi connectivity index (χ3n) is 5.50. The average Bonchev–Trinajstić information content (AvgIpc) is 3.02. The van der Waals surface area contributed by atoms with Crippen LogP contribution in [0.25, 0.3) is 0 Å². The Hall–Kier alpha value is -1.59. The van der Waals surface area contributed by atoms with Crippen molar-refractivity contribution in [3.8, 4) is 5.75 Å². The van der Waals surface area contributed by atoms with Crippen LogP contribution < -0.4 is 4.74 Å². The zero-order valence-corrected chi connectivity index (χ0v) is 15.2. The van der Waals surface area contributed by atoms with Crippen molar-refractivity contribution in [1.29, 1.82) is 0 Å². The monoisotopic (exact) mass is 346 g/mol. The molecule has 1 aromatic carbocycles. The van der Waals surface area contributed by atoms with E-state index in [-0.39, 0.29) is 12.1 Å². The lowest BCUT2D eigenvalue weighted by Gasteiger charge is -2.44. The summed E-state index contributed by atoms with van der Waals surface area (Å²) < 4.78 is 5.69. The number of benzene rings is 1. The van der Waals surface area contributed by atoms with E-state index < -0.39 is 0 Å². The maximum atomic E-state index is 13.2. The van der Waals surface area contributed by atoms with E-state index >= 15 is 0 Å². The van der Waals surface area contributed by atoms with Gasteiger partial charge in [0.05, 0.1) is 6.61 Å². The number of aliphatic hydroxyl groups excluding tert-OH is 1. The van der Waals surface area contributed by atoms with Gasteiger partial charge in [-0.25, -0.2) is 0 Å². The first-order valence-electron chi connectivity index (χ1n) is 9.57. The average molecular weight is 346 g/mol. The second-order valence-electron chi connectivity index (χ2n) is 7.13. The summed E-state index contributed by atoms with van der Waals surface area (Å²) in [6.07, 6.45) is 5.10. The van der Waals surface area contributed by atoms with Crippen molar-refractivity contribution in [3.63, 3.8) is 0 Å². The number of carbonyl (C=O) groups excluding carboxylic acids is 1. The molecule has 2 aliphatic rings. The van der Waals surface area contributed by atoms with Crippen molar-refractivity contribution in [2.45, 2.75) is 51.1 Å². The lowest BCUT2D eigenvalue weighted by atomic mass is 9.85. The third-order valence-corrected chi connectivity index (χ3v) is 5.50. The summed E-state index contributed by atoms with van der Waals surface area (Å²) in [5, 5.41) is 9.03. The zero-order valence-electron chi connectivity index (χ0n) is 15.2. The van der Waals surface area contributed by atoms with E-state index in [9.17, 15) is 4.79 Å². The molecule has 138 valence electrons. The fraction of sp³-hybridized carbons (Fsp3) is 0.650. The van der Waals surface area contributed by atoms with Crippen LogP contribution in [0.2, 0.25) is 0 Å². The summed E-state index contributed by atoms with van der Waals surface area (Å²) >= 11 is 0. The van der Waals surface area contributed by atoms with Crippen LogP contribution in [-0.4, -0.2) is 59.2 Å². The van der Waals surface area contributed by atoms with Crippen LogP contribution in [0.5, 0.6) is 5.75 Å². The van der Waals surface area contributed by atoms with Gasteiger partial charge >= 0.3 is 0 Å². The molecule has 3 rings (SSSR count). The molecule has 0 aromatic heterocycles. The molecule has 2 heterocycles.